The second-order valence-corrected chi connectivity index (χ2v) is 8.98. The van der Waals surface area contributed by atoms with Gasteiger partial charge in [-0.2, -0.15) is 4.98 Å². The van der Waals surface area contributed by atoms with Gasteiger partial charge in [0.1, 0.15) is 11.6 Å². The van der Waals surface area contributed by atoms with Crippen molar-refractivity contribution in [1.29, 1.82) is 0 Å². The smallest absolute Gasteiger partial charge is 0.323 e. The summed E-state index contributed by atoms with van der Waals surface area (Å²) in [6.45, 7) is 2.71. The number of benzene rings is 2. The fourth-order valence-corrected chi connectivity index (χ4v) is 4.60. The van der Waals surface area contributed by atoms with E-state index in [1.807, 2.05) is 0 Å². The van der Waals surface area contributed by atoms with Gasteiger partial charge < -0.3 is 4.98 Å². The number of aromatic nitrogens is 4. The second kappa shape index (κ2) is 11.0. The van der Waals surface area contributed by atoms with E-state index in [1.165, 1.54) is 33.4 Å². The highest BCUT2D eigenvalue weighted by Crippen LogP contribution is 2.30. The number of halogens is 3. The van der Waals surface area contributed by atoms with Crippen LogP contribution in [0.4, 0.5) is 8.78 Å². The van der Waals surface area contributed by atoms with Gasteiger partial charge in [-0.05, 0) is 66.3 Å². The molecule has 0 radical (unpaired) electrons. The molecule has 4 rings (SSSR count). The van der Waals surface area contributed by atoms with Crippen molar-refractivity contribution in [1.82, 2.24) is 19.1 Å². The van der Waals surface area contributed by atoms with E-state index < -0.39 is 11.2 Å². The summed E-state index contributed by atoms with van der Waals surface area (Å²) in [5.74, 6) is -0.828. The maximum Gasteiger partial charge on any atom is 0.332 e. The highest BCUT2D eigenvalue weighted by atomic mass is 35.5. The molecule has 0 saturated heterocycles. The summed E-state index contributed by atoms with van der Waals surface area (Å²) in [6.07, 6.45) is 3.79. The lowest BCUT2D eigenvalue weighted by atomic mass is 9.87. The zero-order valence-electron chi connectivity index (χ0n) is 19.4. The minimum Gasteiger partial charge on any atom is -0.323 e. The van der Waals surface area contributed by atoms with Gasteiger partial charge >= 0.3 is 5.69 Å². The molecule has 4 aromatic rings. The van der Waals surface area contributed by atoms with Crippen LogP contribution < -0.4 is 11.2 Å². The summed E-state index contributed by atoms with van der Waals surface area (Å²) in [4.78, 5) is 33.2. The number of nitrogens with zero attached hydrogens (tertiary/aromatic N) is 3. The molecule has 0 aliphatic heterocycles. The highest BCUT2D eigenvalue weighted by Gasteiger charge is 2.19. The van der Waals surface area contributed by atoms with Crippen molar-refractivity contribution >= 4 is 22.8 Å². The lowest BCUT2D eigenvalue weighted by Gasteiger charge is -2.19. The van der Waals surface area contributed by atoms with E-state index in [2.05, 4.69) is 16.9 Å². The summed E-state index contributed by atoms with van der Waals surface area (Å²) >= 11 is 6.01. The molecule has 2 aromatic carbocycles. The quantitative estimate of drug-likeness (QED) is 0.227. The Bertz CT molecular complexity index is 1360. The standard InChI is InChI=1S/C26H27ClF2N4O2/c1-2-3-4-15-32-23-22(30-25(27)31-23)24(34)33(26(32)35)16-5-6-21(17-7-11-19(28)12-8-17)18-9-13-20(29)14-10-18/h7-14,21H,2-6,15-16H2,1H3,(H,30,31). The molecule has 184 valence electrons. The first-order chi connectivity index (χ1) is 16.9. The van der Waals surface area contributed by atoms with Gasteiger partial charge in [-0.25, -0.2) is 13.6 Å². The second-order valence-electron chi connectivity index (χ2n) is 8.62. The van der Waals surface area contributed by atoms with Crippen LogP contribution in [0.3, 0.4) is 0 Å². The minimum absolute atomic E-state index is 0.0613. The Labute approximate surface area is 206 Å². The maximum atomic E-state index is 13.5. The third-order valence-electron chi connectivity index (χ3n) is 6.24. The first-order valence-electron chi connectivity index (χ1n) is 11.8. The Balaban J connectivity index is 1.63. The van der Waals surface area contributed by atoms with Gasteiger partial charge in [0, 0.05) is 19.0 Å². The van der Waals surface area contributed by atoms with Crippen molar-refractivity contribution in [3.63, 3.8) is 0 Å². The van der Waals surface area contributed by atoms with E-state index >= 15 is 0 Å². The molecule has 0 spiro atoms. The summed E-state index contributed by atoms with van der Waals surface area (Å²) in [7, 11) is 0. The fraction of sp³-hybridized carbons (Fsp3) is 0.346. The largest absolute Gasteiger partial charge is 0.332 e. The average Bonchev–Trinajstić information content (AvgIpc) is 3.24. The molecule has 2 heterocycles. The van der Waals surface area contributed by atoms with Crippen LogP contribution in [-0.4, -0.2) is 19.1 Å². The molecule has 9 heteroatoms. The molecule has 0 aliphatic carbocycles. The monoisotopic (exact) mass is 500 g/mol. The normalized spacial score (nSPS) is 11.6. The molecule has 2 aromatic heterocycles. The van der Waals surface area contributed by atoms with Crippen molar-refractivity contribution in [2.75, 3.05) is 0 Å². The van der Waals surface area contributed by atoms with Crippen LogP contribution in [0.15, 0.2) is 58.1 Å². The van der Waals surface area contributed by atoms with E-state index in [4.69, 9.17) is 11.6 Å². The van der Waals surface area contributed by atoms with Crippen molar-refractivity contribution < 1.29 is 8.78 Å². The number of hydrogen-bond donors (Lipinski definition) is 1. The summed E-state index contributed by atoms with van der Waals surface area (Å²) in [5, 5.41) is 0.0613. The van der Waals surface area contributed by atoms with Gasteiger partial charge in [0.05, 0.1) is 0 Å². The molecule has 0 fully saturated rings. The lowest BCUT2D eigenvalue weighted by Crippen LogP contribution is -2.40. The molecule has 0 atom stereocenters. The summed E-state index contributed by atoms with van der Waals surface area (Å²) < 4.78 is 29.7. The number of hydrogen-bond acceptors (Lipinski definition) is 3. The molecule has 0 saturated carbocycles. The molecule has 0 bridgehead atoms. The van der Waals surface area contributed by atoms with Crippen LogP contribution in [0.25, 0.3) is 11.2 Å². The third kappa shape index (κ3) is 5.53. The Morgan fingerprint density at radius 3 is 2.03 bits per heavy atom. The van der Waals surface area contributed by atoms with Crippen molar-refractivity contribution in [3.05, 3.63) is 97.4 Å². The fourth-order valence-electron chi connectivity index (χ4n) is 4.43. The lowest BCUT2D eigenvalue weighted by molar-refractivity contribution is 0.508. The first kappa shape index (κ1) is 24.9. The Morgan fingerprint density at radius 1 is 0.886 bits per heavy atom. The molecule has 35 heavy (non-hydrogen) atoms. The first-order valence-corrected chi connectivity index (χ1v) is 12.2. The van der Waals surface area contributed by atoms with E-state index in [-0.39, 0.29) is 40.5 Å². The van der Waals surface area contributed by atoms with E-state index in [0.29, 0.717) is 19.4 Å². The Hall–Kier alpha value is -3.26. The van der Waals surface area contributed by atoms with Crippen molar-refractivity contribution in [2.45, 2.75) is 58.0 Å². The van der Waals surface area contributed by atoms with E-state index in [1.54, 1.807) is 24.3 Å². The SMILES string of the molecule is CCCCCn1c(=O)n(CCCC(c2ccc(F)cc2)c2ccc(F)cc2)c(=O)c2[nH]c(Cl)nc21. The number of unbranched alkanes of at least 4 members (excludes halogenated alkanes) is 2. The van der Waals surface area contributed by atoms with Gasteiger partial charge in [-0.1, -0.05) is 44.0 Å². The van der Waals surface area contributed by atoms with Gasteiger partial charge in [-0.15, -0.1) is 0 Å². The van der Waals surface area contributed by atoms with Crippen molar-refractivity contribution in [2.24, 2.45) is 0 Å². The number of fused-ring (bicyclic) bond motifs is 1. The van der Waals surface area contributed by atoms with Crippen LogP contribution in [-0.2, 0) is 13.1 Å². The van der Waals surface area contributed by atoms with Crippen LogP contribution in [0, 0.1) is 11.6 Å². The topological polar surface area (TPSA) is 72.7 Å². The maximum absolute atomic E-state index is 13.5. The average molecular weight is 501 g/mol. The molecular weight excluding hydrogens is 474 g/mol. The third-order valence-corrected chi connectivity index (χ3v) is 6.42. The zero-order chi connectivity index (χ0) is 24.9. The minimum atomic E-state index is -0.462. The van der Waals surface area contributed by atoms with Gasteiger partial charge in [0.15, 0.2) is 11.2 Å². The van der Waals surface area contributed by atoms with Crippen LogP contribution in [0.5, 0.6) is 0 Å². The molecule has 0 aliphatic rings. The molecule has 6 nitrogen and oxygen atoms in total. The Morgan fingerprint density at radius 2 is 1.46 bits per heavy atom. The zero-order valence-corrected chi connectivity index (χ0v) is 20.2. The number of H-pyrrole nitrogens is 1. The predicted octanol–water partition coefficient (Wildman–Crippen LogP) is 5.62. The van der Waals surface area contributed by atoms with Crippen LogP contribution >= 0.6 is 11.6 Å². The van der Waals surface area contributed by atoms with Crippen LogP contribution in [0.1, 0.15) is 56.1 Å². The molecule has 0 unspecified atom stereocenters. The molecule has 1 N–H and O–H groups in total. The number of nitrogens with one attached hydrogen (secondary N) is 1. The van der Waals surface area contributed by atoms with Gasteiger partial charge in [-0.3, -0.25) is 13.9 Å². The van der Waals surface area contributed by atoms with Gasteiger partial charge in [0.2, 0.25) is 5.28 Å². The van der Waals surface area contributed by atoms with E-state index in [0.717, 1.165) is 30.4 Å². The number of aryl methyl sites for hydroxylation is 1. The Kier molecular flexibility index (Phi) is 7.80. The molecular formula is C26H27ClF2N4O2. The van der Waals surface area contributed by atoms with Crippen molar-refractivity contribution in [3.8, 4) is 0 Å². The van der Waals surface area contributed by atoms with E-state index in [9.17, 15) is 18.4 Å². The summed E-state index contributed by atoms with van der Waals surface area (Å²) in [5.41, 5.74) is 1.35. The highest BCUT2D eigenvalue weighted by molar-refractivity contribution is 6.28. The summed E-state index contributed by atoms with van der Waals surface area (Å²) in [6, 6.07) is 12.4. The van der Waals surface area contributed by atoms with Crippen LogP contribution in [0.2, 0.25) is 5.28 Å². The predicted molar refractivity (Wildman–Crippen MR) is 133 cm³/mol. The molecule has 0 amide bonds. The number of rotatable bonds is 10. The number of aromatic amines is 1. The van der Waals surface area contributed by atoms with Gasteiger partial charge in [0.25, 0.3) is 5.56 Å². The number of imidazole rings is 1.